The van der Waals surface area contributed by atoms with E-state index < -0.39 is 12.3 Å². The molecule has 5 rings (SSSR count). The van der Waals surface area contributed by atoms with Gasteiger partial charge < -0.3 is 30.3 Å². The summed E-state index contributed by atoms with van der Waals surface area (Å²) in [6, 6.07) is 15.4. The van der Waals surface area contributed by atoms with E-state index in [2.05, 4.69) is 15.5 Å². The Balaban J connectivity index is 1.34. The van der Waals surface area contributed by atoms with Crippen molar-refractivity contribution in [1.29, 1.82) is 0 Å². The monoisotopic (exact) mass is 663 g/mol. The van der Waals surface area contributed by atoms with Crippen LogP contribution in [0.15, 0.2) is 48.5 Å². The number of benzene rings is 2. The van der Waals surface area contributed by atoms with Crippen LogP contribution in [0.1, 0.15) is 120 Å². The highest BCUT2D eigenvalue weighted by atomic mass is 16.7. The number of nitrogens with one attached hydrogen (secondary N) is 2. The largest absolute Gasteiger partial charge is 0.481 e. The molecule has 0 bridgehead atoms. The number of amides is 2. The first-order chi connectivity index (χ1) is 23.0. The van der Waals surface area contributed by atoms with Gasteiger partial charge in [0.15, 0.2) is 6.29 Å². The number of carboxylic acids is 1. The minimum Gasteiger partial charge on any atom is -0.481 e. The Hall–Kier alpha value is -3.31. The highest BCUT2D eigenvalue weighted by molar-refractivity contribution is 5.90. The first kappa shape index (κ1) is 36.0. The zero-order valence-corrected chi connectivity index (χ0v) is 28.7. The zero-order chi connectivity index (χ0) is 34.3. The molecule has 0 spiro atoms. The van der Waals surface area contributed by atoms with Gasteiger partial charge in [-0.1, -0.05) is 49.2 Å². The lowest BCUT2D eigenvalue weighted by molar-refractivity contribution is -0.255. The fraction of sp³-hybridized carbons (Fsp3) is 0.605. The lowest BCUT2D eigenvalue weighted by Crippen LogP contribution is -2.61. The van der Waals surface area contributed by atoms with E-state index in [4.69, 9.17) is 14.6 Å². The van der Waals surface area contributed by atoms with Crippen molar-refractivity contribution in [3.8, 4) is 0 Å². The van der Waals surface area contributed by atoms with E-state index in [9.17, 15) is 19.5 Å². The second-order valence-corrected chi connectivity index (χ2v) is 14.8. The molecule has 262 valence electrons. The Morgan fingerprint density at radius 2 is 1.56 bits per heavy atom. The van der Waals surface area contributed by atoms with Crippen LogP contribution >= 0.6 is 0 Å². The first-order valence-corrected chi connectivity index (χ1v) is 17.7. The summed E-state index contributed by atoms with van der Waals surface area (Å²) in [5.41, 5.74) is 3.00. The first-order valence-electron chi connectivity index (χ1n) is 17.7. The van der Waals surface area contributed by atoms with Gasteiger partial charge in [-0.2, -0.15) is 0 Å². The van der Waals surface area contributed by atoms with Crippen LogP contribution in [0.3, 0.4) is 0 Å². The number of nitrogens with zero attached hydrogens (tertiary/aromatic N) is 1. The molecule has 3 aliphatic rings. The Labute approximate surface area is 284 Å². The smallest absolute Gasteiger partial charge is 0.303 e. The molecule has 0 aromatic heterocycles. The summed E-state index contributed by atoms with van der Waals surface area (Å²) in [6.45, 7) is 6.68. The van der Waals surface area contributed by atoms with Crippen molar-refractivity contribution in [2.45, 2.75) is 134 Å². The lowest BCUT2D eigenvalue weighted by atomic mass is 9.75. The van der Waals surface area contributed by atoms with Crippen molar-refractivity contribution in [3.63, 3.8) is 0 Å². The highest BCUT2D eigenvalue weighted by Crippen LogP contribution is 2.42. The summed E-state index contributed by atoms with van der Waals surface area (Å²) >= 11 is 0. The molecule has 2 heterocycles. The summed E-state index contributed by atoms with van der Waals surface area (Å²) in [5, 5.41) is 24.6. The van der Waals surface area contributed by atoms with Crippen LogP contribution in [0.5, 0.6) is 0 Å². The molecule has 0 radical (unpaired) electrons. The van der Waals surface area contributed by atoms with Gasteiger partial charge in [-0.3, -0.25) is 19.3 Å². The standard InChI is InChI=1S/C38H53N3O7/c1-38(2,3)40-36(46)32-21-18-26-8-4-5-9-31(26)41(32)23-30-22-33(27-14-12-25(24-42)13-15-27)48-37(47-30)28-16-19-29(20-17-28)39-34(43)10-6-7-11-35(44)45/h12-17,19-20,26,30-33,37,42H,4-11,18,21-24H2,1-3H3,(H,39,43)(H,40,46)(H,44,45)/t26-,30-,31-,32-,33+,37+/m1/s1. The second-order valence-electron chi connectivity index (χ2n) is 14.8. The summed E-state index contributed by atoms with van der Waals surface area (Å²) in [5.74, 6) is -0.331. The van der Waals surface area contributed by atoms with Crippen molar-refractivity contribution in [1.82, 2.24) is 10.2 Å². The molecule has 6 atom stereocenters. The molecule has 10 heteroatoms. The number of ether oxygens (including phenoxy) is 2. The Kier molecular flexibility index (Phi) is 12.3. The van der Waals surface area contributed by atoms with Crippen molar-refractivity contribution in [2.75, 3.05) is 11.9 Å². The fourth-order valence-electron chi connectivity index (χ4n) is 7.50. The number of aliphatic carboxylic acids is 1. The van der Waals surface area contributed by atoms with Crippen LogP contribution in [-0.2, 0) is 30.5 Å². The normalized spacial score (nSPS) is 26.3. The van der Waals surface area contributed by atoms with Gasteiger partial charge in [0.05, 0.1) is 24.9 Å². The fourth-order valence-corrected chi connectivity index (χ4v) is 7.50. The summed E-state index contributed by atoms with van der Waals surface area (Å²) in [4.78, 5) is 39.3. The number of likely N-dealkylation sites (tertiary alicyclic amines) is 1. The van der Waals surface area contributed by atoms with E-state index in [1.54, 1.807) is 0 Å². The molecular formula is C38H53N3O7. The van der Waals surface area contributed by atoms with Crippen molar-refractivity contribution in [2.24, 2.45) is 5.92 Å². The van der Waals surface area contributed by atoms with Crippen LogP contribution < -0.4 is 10.6 Å². The molecule has 2 amide bonds. The molecular weight excluding hydrogens is 610 g/mol. The molecule has 1 saturated carbocycles. The molecule has 2 aliphatic heterocycles. The highest BCUT2D eigenvalue weighted by Gasteiger charge is 2.44. The van der Waals surface area contributed by atoms with Crippen molar-refractivity contribution in [3.05, 3.63) is 65.2 Å². The van der Waals surface area contributed by atoms with Gasteiger partial charge in [0.1, 0.15) is 0 Å². The number of aliphatic hydroxyl groups is 1. The number of hydrogen-bond donors (Lipinski definition) is 4. The SMILES string of the molecule is CC(C)(C)NC(=O)[C@H]1CC[C@H]2CCCC[C@H]2N1C[C@H]1C[C@@H](c2ccc(CO)cc2)O[C@@H](c2ccc(NC(=O)CCCCC(=O)O)cc2)O1. The van der Waals surface area contributed by atoms with E-state index in [1.165, 1.54) is 19.3 Å². The minimum atomic E-state index is -0.857. The third-order valence-electron chi connectivity index (χ3n) is 9.85. The number of unbranched alkanes of at least 4 members (excludes halogenated alkanes) is 1. The van der Waals surface area contributed by atoms with E-state index in [0.717, 1.165) is 36.0 Å². The number of hydrogen-bond acceptors (Lipinski definition) is 7. The van der Waals surface area contributed by atoms with Crippen LogP contribution in [0.25, 0.3) is 0 Å². The number of anilines is 1. The van der Waals surface area contributed by atoms with Gasteiger partial charge in [0.2, 0.25) is 11.8 Å². The molecule has 4 N–H and O–H groups in total. The molecule has 3 fully saturated rings. The lowest BCUT2D eigenvalue weighted by Gasteiger charge is -2.50. The average molecular weight is 664 g/mol. The number of rotatable bonds is 12. The van der Waals surface area contributed by atoms with Crippen molar-refractivity contribution >= 4 is 23.5 Å². The van der Waals surface area contributed by atoms with Gasteiger partial charge in [-0.05, 0) is 88.5 Å². The van der Waals surface area contributed by atoms with Gasteiger partial charge in [0.25, 0.3) is 0 Å². The number of carbonyl (C=O) groups is 3. The number of carboxylic acid groups (broad SMARTS) is 1. The van der Waals surface area contributed by atoms with Crippen LogP contribution in [0.4, 0.5) is 5.69 Å². The molecule has 48 heavy (non-hydrogen) atoms. The predicted octanol–water partition coefficient (Wildman–Crippen LogP) is 6.25. The van der Waals surface area contributed by atoms with E-state index >= 15 is 0 Å². The molecule has 2 aromatic carbocycles. The maximum Gasteiger partial charge on any atom is 0.303 e. The quantitative estimate of drug-likeness (QED) is 0.196. The summed E-state index contributed by atoms with van der Waals surface area (Å²) in [6.07, 6.45) is 7.46. The van der Waals surface area contributed by atoms with Gasteiger partial charge in [-0.15, -0.1) is 0 Å². The maximum absolute atomic E-state index is 13.7. The minimum absolute atomic E-state index is 0.0269. The molecule has 2 aromatic rings. The Morgan fingerprint density at radius 3 is 2.25 bits per heavy atom. The molecule has 1 aliphatic carbocycles. The summed E-state index contributed by atoms with van der Waals surface area (Å²) in [7, 11) is 0. The molecule has 10 nitrogen and oxygen atoms in total. The van der Waals surface area contributed by atoms with Crippen LogP contribution in [-0.4, -0.2) is 63.2 Å². The van der Waals surface area contributed by atoms with Crippen LogP contribution in [0.2, 0.25) is 0 Å². The topological polar surface area (TPSA) is 137 Å². The van der Waals surface area contributed by atoms with E-state index in [1.807, 2.05) is 69.3 Å². The third kappa shape index (κ3) is 9.87. The maximum atomic E-state index is 13.7. The van der Waals surface area contributed by atoms with E-state index in [0.29, 0.717) is 43.5 Å². The van der Waals surface area contributed by atoms with Gasteiger partial charge in [0, 0.05) is 48.6 Å². The average Bonchev–Trinajstić information content (AvgIpc) is 3.06. The number of fused-ring (bicyclic) bond motifs is 1. The second kappa shape index (κ2) is 16.4. The van der Waals surface area contributed by atoms with Crippen molar-refractivity contribution < 1.29 is 34.1 Å². The molecule has 0 unspecified atom stereocenters. The number of aliphatic hydroxyl groups excluding tert-OH is 1. The summed E-state index contributed by atoms with van der Waals surface area (Å²) < 4.78 is 13.3. The van der Waals surface area contributed by atoms with Gasteiger partial charge in [-0.25, -0.2) is 0 Å². The predicted molar refractivity (Wildman–Crippen MR) is 183 cm³/mol. The van der Waals surface area contributed by atoms with Crippen LogP contribution in [0, 0.1) is 5.92 Å². The van der Waals surface area contributed by atoms with E-state index in [-0.39, 0.29) is 55.1 Å². The van der Waals surface area contributed by atoms with Gasteiger partial charge >= 0.3 is 5.97 Å². The molecule has 2 saturated heterocycles. The third-order valence-corrected chi connectivity index (χ3v) is 9.85. The Bertz CT molecular complexity index is 1370. The number of carbonyl (C=O) groups excluding carboxylic acids is 2. The number of piperidine rings is 1. The Morgan fingerprint density at radius 1 is 0.875 bits per heavy atom. The zero-order valence-electron chi connectivity index (χ0n) is 28.7.